The van der Waals surface area contributed by atoms with Crippen molar-refractivity contribution in [1.82, 2.24) is 19.3 Å². The number of nitrogens with zero attached hydrogens (tertiary/aromatic N) is 4. The maximum absolute atomic E-state index is 12.2. The molecule has 0 saturated carbocycles. The van der Waals surface area contributed by atoms with E-state index >= 15 is 0 Å². The van der Waals surface area contributed by atoms with Gasteiger partial charge >= 0.3 is 11.8 Å². The van der Waals surface area contributed by atoms with Gasteiger partial charge in [-0.1, -0.05) is 0 Å². The van der Waals surface area contributed by atoms with Gasteiger partial charge in [0.05, 0.1) is 12.8 Å². The number of aryl methyl sites for hydroxylation is 2. The standard InChI is InChI=1S/C17H17BrN6O3/c1-23-7-6-19-15(23)13-9-14(24(2)22-13)21-17(26)16(25)20-12-5-4-10(27-3)8-11(12)18/h4-9H,1-3H3,(H,20,25)(H,21,26). The molecule has 0 bridgehead atoms. The minimum atomic E-state index is -0.813. The average Bonchev–Trinajstić information content (AvgIpc) is 3.22. The minimum absolute atomic E-state index is 0.377. The van der Waals surface area contributed by atoms with Crippen LogP contribution in [0.5, 0.6) is 5.75 Å². The van der Waals surface area contributed by atoms with Crippen LogP contribution in [0.1, 0.15) is 0 Å². The molecule has 0 radical (unpaired) electrons. The Kier molecular flexibility index (Phi) is 5.26. The SMILES string of the molecule is COc1ccc(NC(=O)C(=O)Nc2cc(-c3nccn3C)nn2C)c(Br)c1. The molecule has 0 unspecified atom stereocenters. The number of hydrogen-bond acceptors (Lipinski definition) is 5. The van der Waals surface area contributed by atoms with E-state index in [-0.39, 0.29) is 0 Å². The molecule has 0 aliphatic rings. The highest BCUT2D eigenvalue weighted by atomic mass is 79.9. The number of methoxy groups -OCH3 is 1. The summed E-state index contributed by atoms with van der Waals surface area (Å²) in [5.41, 5.74) is 1.04. The minimum Gasteiger partial charge on any atom is -0.497 e. The Balaban J connectivity index is 1.71. The van der Waals surface area contributed by atoms with Crippen LogP contribution in [0.3, 0.4) is 0 Å². The van der Waals surface area contributed by atoms with Gasteiger partial charge in [-0.3, -0.25) is 14.3 Å². The molecule has 2 N–H and O–H groups in total. The van der Waals surface area contributed by atoms with Gasteiger partial charge in [0.25, 0.3) is 0 Å². The second kappa shape index (κ2) is 7.62. The molecular formula is C17H17BrN6O3. The van der Waals surface area contributed by atoms with Crippen molar-refractivity contribution in [2.24, 2.45) is 14.1 Å². The van der Waals surface area contributed by atoms with E-state index in [0.717, 1.165) is 0 Å². The first-order valence-corrected chi connectivity index (χ1v) is 8.66. The van der Waals surface area contributed by atoms with Gasteiger partial charge in [-0.15, -0.1) is 0 Å². The maximum atomic E-state index is 12.2. The van der Waals surface area contributed by atoms with Gasteiger partial charge in [-0.25, -0.2) is 4.98 Å². The van der Waals surface area contributed by atoms with E-state index in [0.29, 0.717) is 33.2 Å². The Labute approximate surface area is 163 Å². The predicted molar refractivity (Wildman–Crippen MR) is 103 cm³/mol. The van der Waals surface area contributed by atoms with Gasteiger partial charge in [0.1, 0.15) is 17.3 Å². The van der Waals surface area contributed by atoms with Gasteiger partial charge in [0.15, 0.2) is 5.82 Å². The highest BCUT2D eigenvalue weighted by molar-refractivity contribution is 9.10. The molecule has 3 rings (SSSR count). The molecule has 2 aromatic heterocycles. The summed E-state index contributed by atoms with van der Waals surface area (Å²) in [5, 5.41) is 9.40. The summed E-state index contributed by atoms with van der Waals surface area (Å²) in [7, 11) is 5.05. The quantitative estimate of drug-likeness (QED) is 0.614. The lowest BCUT2D eigenvalue weighted by Crippen LogP contribution is -2.30. The summed E-state index contributed by atoms with van der Waals surface area (Å²) in [6.45, 7) is 0. The van der Waals surface area contributed by atoms with Gasteiger partial charge in [0.2, 0.25) is 0 Å². The summed E-state index contributed by atoms with van der Waals surface area (Å²) in [5.74, 6) is 0.0356. The van der Waals surface area contributed by atoms with E-state index < -0.39 is 11.8 Å². The number of nitrogens with one attached hydrogen (secondary N) is 2. The molecule has 0 aliphatic carbocycles. The van der Waals surface area contributed by atoms with Crippen LogP contribution in [0.4, 0.5) is 11.5 Å². The third-order valence-electron chi connectivity index (χ3n) is 3.80. The van der Waals surface area contributed by atoms with Crippen molar-refractivity contribution in [3.8, 4) is 17.3 Å². The number of aromatic nitrogens is 4. The maximum Gasteiger partial charge on any atom is 0.315 e. The van der Waals surface area contributed by atoms with E-state index in [2.05, 4.69) is 36.6 Å². The fourth-order valence-electron chi connectivity index (χ4n) is 2.38. The van der Waals surface area contributed by atoms with Crippen LogP contribution in [-0.4, -0.2) is 38.3 Å². The van der Waals surface area contributed by atoms with Crippen molar-refractivity contribution in [1.29, 1.82) is 0 Å². The summed E-state index contributed by atoms with van der Waals surface area (Å²) in [4.78, 5) is 28.7. The summed E-state index contributed by atoms with van der Waals surface area (Å²) < 4.78 is 8.97. The Morgan fingerprint density at radius 1 is 1.15 bits per heavy atom. The fourth-order valence-corrected chi connectivity index (χ4v) is 2.84. The number of hydrogen-bond donors (Lipinski definition) is 2. The topological polar surface area (TPSA) is 103 Å². The largest absolute Gasteiger partial charge is 0.497 e. The number of halogens is 1. The van der Waals surface area contributed by atoms with Crippen molar-refractivity contribution < 1.29 is 14.3 Å². The molecule has 0 aliphatic heterocycles. The summed E-state index contributed by atoms with van der Waals surface area (Å²) >= 11 is 3.33. The van der Waals surface area contributed by atoms with Crippen LogP contribution in [0.15, 0.2) is 41.1 Å². The monoisotopic (exact) mass is 432 g/mol. The van der Waals surface area contributed by atoms with Gasteiger partial charge in [0, 0.05) is 37.0 Å². The number of anilines is 2. The second-order valence-corrected chi connectivity index (χ2v) is 6.51. The number of benzene rings is 1. The molecule has 0 atom stereocenters. The first kappa shape index (κ1) is 18.6. The molecule has 0 spiro atoms. The molecule has 10 heteroatoms. The third-order valence-corrected chi connectivity index (χ3v) is 4.46. The number of carbonyl (C=O) groups is 2. The van der Waals surface area contributed by atoms with Gasteiger partial charge in [-0.05, 0) is 34.1 Å². The van der Waals surface area contributed by atoms with E-state index in [1.165, 1.54) is 4.68 Å². The number of carbonyl (C=O) groups excluding carboxylic acids is 2. The molecule has 27 heavy (non-hydrogen) atoms. The molecule has 140 valence electrons. The second-order valence-electron chi connectivity index (χ2n) is 5.65. The van der Waals surface area contributed by atoms with Crippen LogP contribution in [0, 0.1) is 0 Å². The van der Waals surface area contributed by atoms with Crippen molar-refractivity contribution in [3.63, 3.8) is 0 Å². The molecule has 2 amide bonds. The molecule has 9 nitrogen and oxygen atoms in total. The highest BCUT2D eigenvalue weighted by Gasteiger charge is 2.19. The Bertz CT molecular complexity index is 1010. The zero-order valence-electron chi connectivity index (χ0n) is 14.9. The smallest absolute Gasteiger partial charge is 0.315 e. The Hall–Kier alpha value is -3.14. The average molecular weight is 433 g/mol. The van der Waals surface area contributed by atoms with E-state index in [9.17, 15) is 9.59 Å². The van der Waals surface area contributed by atoms with Crippen LogP contribution in [0.25, 0.3) is 11.5 Å². The molecule has 2 heterocycles. The zero-order chi connectivity index (χ0) is 19.6. The lowest BCUT2D eigenvalue weighted by molar-refractivity contribution is -0.133. The first-order chi connectivity index (χ1) is 12.9. The Morgan fingerprint density at radius 2 is 1.89 bits per heavy atom. The normalized spacial score (nSPS) is 10.5. The predicted octanol–water partition coefficient (Wildman–Crippen LogP) is 2.17. The van der Waals surface area contributed by atoms with Crippen molar-refractivity contribution in [3.05, 3.63) is 41.1 Å². The van der Waals surface area contributed by atoms with Crippen molar-refractivity contribution >= 4 is 39.2 Å². The third kappa shape index (κ3) is 4.00. The number of amides is 2. The number of imidazole rings is 1. The zero-order valence-corrected chi connectivity index (χ0v) is 16.4. The molecule has 0 saturated heterocycles. The molecular weight excluding hydrogens is 416 g/mol. The van der Waals surface area contributed by atoms with E-state index in [1.807, 2.05) is 11.6 Å². The number of rotatable bonds is 4. The number of ether oxygens (including phenoxy) is 1. The van der Waals surface area contributed by atoms with E-state index in [1.54, 1.807) is 50.8 Å². The van der Waals surface area contributed by atoms with Gasteiger partial charge < -0.3 is 19.9 Å². The molecule has 1 aromatic carbocycles. The van der Waals surface area contributed by atoms with Crippen LogP contribution >= 0.6 is 15.9 Å². The fraction of sp³-hybridized carbons (Fsp3) is 0.176. The van der Waals surface area contributed by atoms with Crippen LogP contribution in [0.2, 0.25) is 0 Å². The lowest BCUT2D eigenvalue weighted by Gasteiger charge is -2.09. The van der Waals surface area contributed by atoms with Gasteiger partial charge in [-0.2, -0.15) is 5.10 Å². The Morgan fingerprint density at radius 3 is 2.52 bits per heavy atom. The van der Waals surface area contributed by atoms with Crippen molar-refractivity contribution in [2.45, 2.75) is 0 Å². The lowest BCUT2D eigenvalue weighted by atomic mass is 10.3. The first-order valence-electron chi connectivity index (χ1n) is 7.86. The summed E-state index contributed by atoms with van der Waals surface area (Å²) in [6.07, 6.45) is 3.45. The summed E-state index contributed by atoms with van der Waals surface area (Å²) in [6, 6.07) is 6.65. The van der Waals surface area contributed by atoms with Crippen molar-refractivity contribution in [2.75, 3.05) is 17.7 Å². The van der Waals surface area contributed by atoms with Crippen LogP contribution < -0.4 is 15.4 Å². The molecule has 3 aromatic rings. The van der Waals surface area contributed by atoms with E-state index in [4.69, 9.17) is 4.74 Å². The molecule has 0 fully saturated rings. The van der Waals surface area contributed by atoms with Crippen LogP contribution in [-0.2, 0) is 23.7 Å². The highest BCUT2D eigenvalue weighted by Crippen LogP contribution is 2.27.